The second-order valence-electron chi connectivity index (χ2n) is 18.1. The van der Waals surface area contributed by atoms with Crippen LogP contribution in [0, 0.1) is 45.2 Å². The van der Waals surface area contributed by atoms with Crippen LogP contribution in [-0.2, 0) is 40.0 Å². The molecule has 2 aromatic rings. The number of ketones is 3. The van der Waals surface area contributed by atoms with Gasteiger partial charge in [0.25, 0.3) is 0 Å². The summed E-state index contributed by atoms with van der Waals surface area (Å²) < 4.78 is 26.6. The van der Waals surface area contributed by atoms with E-state index in [4.69, 9.17) is 9.47 Å². The monoisotopic (exact) mass is 777 g/mol. The number of benzene rings is 1. The number of nitrogens with zero attached hydrogens (tertiary/aromatic N) is 3. The van der Waals surface area contributed by atoms with Crippen molar-refractivity contribution in [3.05, 3.63) is 70.7 Å². The Hall–Kier alpha value is -4.56. The first kappa shape index (κ1) is 41.1. The number of hydrogen-bond donors (Lipinski definition) is 2. The maximum atomic E-state index is 14.8. The average molecular weight is 778 g/mol. The van der Waals surface area contributed by atoms with Crippen LogP contribution in [0.4, 0.5) is 4.39 Å². The molecule has 14 heteroatoms. The van der Waals surface area contributed by atoms with Crippen molar-refractivity contribution >= 4 is 29.3 Å². The largest absolute Gasteiger partial charge is 0.456 e. The second kappa shape index (κ2) is 13.5. The molecule has 0 bridgehead atoms. The third kappa shape index (κ3) is 6.32. The molecule has 13 nitrogen and oxygen atoms in total. The molecule has 4 aliphatic rings. The summed E-state index contributed by atoms with van der Waals surface area (Å²) >= 11 is 0. The van der Waals surface area contributed by atoms with E-state index in [0.29, 0.717) is 12.1 Å². The minimum atomic E-state index is -2.09. The fraction of sp³-hybridized carbons (Fsp3) is 0.595. The number of Topliss-reactive ketones (excluding diaryl/α,β-unsaturated/α-hetero) is 2. The number of fused-ring (bicyclic) bond motifs is 5. The van der Waals surface area contributed by atoms with Crippen molar-refractivity contribution in [3.8, 4) is 5.69 Å². The molecule has 2 N–H and O–H groups in total. The predicted octanol–water partition coefficient (Wildman–Crippen LogP) is 4.24. The molecule has 6 rings (SSSR count). The van der Waals surface area contributed by atoms with Gasteiger partial charge in [0, 0.05) is 30.1 Å². The smallest absolute Gasteiger partial charge is 0.350 e. The highest BCUT2D eigenvalue weighted by molar-refractivity contribution is 5.98. The molecule has 0 radical (unpaired) electrons. The average Bonchev–Trinajstić information content (AvgIpc) is 3.54. The lowest BCUT2D eigenvalue weighted by Gasteiger charge is -2.64. The predicted molar refractivity (Wildman–Crippen MR) is 199 cm³/mol. The molecule has 56 heavy (non-hydrogen) atoms. The number of carbonyl (C=O) groups excluding carboxylic acids is 5. The van der Waals surface area contributed by atoms with E-state index in [-0.39, 0.29) is 36.7 Å². The highest BCUT2D eigenvalue weighted by atomic mass is 19.1. The van der Waals surface area contributed by atoms with E-state index < -0.39 is 92.7 Å². The van der Waals surface area contributed by atoms with Gasteiger partial charge in [-0.3, -0.25) is 24.0 Å². The van der Waals surface area contributed by atoms with Gasteiger partial charge < -0.3 is 19.7 Å². The standard InChI is InChI=1S/C42H52FN3O10/c1-23(47)56-37(2,3)17-16-31(49)42(9,54)34-28(48)19-39(6)30-15-14-26-27(41(30,8)32(50)20-40(34,39)7)18-29(35(52)38(26,4)5)55-33(51)21-46-36(53)45(22-44-46)25-12-10-24(43)11-13-25/h10-14,16-17,22,27-30,34,48,54H,15,18-21H2,1-9H3. The summed E-state index contributed by atoms with van der Waals surface area (Å²) in [6.45, 7) is 14.5. The molecule has 0 aliphatic heterocycles. The third-order valence-electron chi connectivity index (χ3n) is 13.9. The third-order valence-corrected chi connectivity index (χ3v) is 13.9. The molecule has 302 valence electrons. The molecule has 3 fully saturated rings. The fourth-order valence-electron chi connectivity index (χ4n) is 11.0. The molecular weight excluding hydrogens is 725 g/mol. The molecule has 1 heterocycles. The summed E-state index contributed by atoms with van der Waals surface area (Å²) in [5.74, 6) is -5.00. The number of esters is 2. The van der Waals surface area contributed by atoms with Crippen LogP contribution < -0.4 is 5.69 Å². The number of rotatable bonds is 9. The number of aliphatic hydroxyl groups excluding tert-OH is 1. The van der Waals surface area contributed by atoms with Gasteiger partial charge in [-0.25, -0.2) is 18.4 Å². The summed E-state index contributed by atoms with van der Waals surface area (Å²) in [6.07, 6.45) is 3.94. The van der Waals surface area contributed by atoms with Crippen molar-refractivity contribution in [1.82, 2.24) is 14.3 Å². The van der Waals surface area contributed by atoms with E-state index in [1.165, 1.54) is 50.5 Å². The van der Waals surface area contributed by atoms with Crippen LogP contribution in [0.2, 0.25) is 0 Å². The first-order valence-corrected chi connectivity index (χ1v) is 19.0. The Morgan fingerprint density at radius 2 is 1.68 bits per heavy atom. The van der Waals surface area contributed by atoms with E-state index in [2.05, 4.69) is 5.10 Å². The van der Waals surface area contributed by atoms with Gasteiger partial charge in [-0.1, -0.05) is 32.4 Å². The Labute approximate surface area is 324 Å². The SMILES string of the molecule is CC(=O)OC(C)(C)C=CC(=O)C(C)(O)C1C(O)CC2(C)C3CC=C4C(CC(OC(=O)Cn5ncn(-c6ccc(F)cc6)c5=O)C(=O)C4(C)C)C3(C)C(=O)CC12C. The lowest BCUT2D eigenvalue weighted by Crippen LogP contribution is -2.65. The Balaban J connectivity index is 1.27. The van der Waals surface area contributed by atoms with Crippen molar-refractivity contribution in [2.75, 3.05) is 0 Å². The zero-order chi connectivity index (χ0) is 41.6. The number of carbonyl (C=O) groups is 5. The van der Waals surface area contributed by atoms with Crippen molar-refractivity contribution in [3.63, 3.8) is 0 Å². The van der Waals surface area contributed by atoms with Crippen LogP contribution in [0.5, 0.6) is 0 Å². The molecule has 0 saturated heterocycles. The molecule has 1 aromatic carbocycles. The van der Waals surface area contributed by atoms with E-state index in [0.717, 1.165) is 20.9 Å². The maximum absolute atomic E-state index is 14.8. The van der Waals surface area contributed by atoms with Crippen molar-refractivity contribution in [2.45, 2.75) is 118 Å². The summed E-state index contributed by atoms with van der Waals surface area (Å²) in [5.41, 5.74) is -6.74. The van der Waals surface area contributed by atoms with Gasteiger partial charge in [0.2, 0.25) is 0 Å². The van der Waals surface area contributed by atoms with Crippen LogP contribution in [0.25, 0.3) is 5.69 Å². The number of aliphatic hydroxyl groups is 2. The van der Waals surface area contributed by atoms with Gasteiger partial charge in [-0.05, 0) is 113 Å². The van der Waals surface area contributed by atoms with Crippen LogP contribution in [0.15, 0.2) is 59.2 Å². The van der Waals surface area contributed by atoms with Crippen molar-refractivity contribution in [1.29, 1.82) is 0 Å². The molecule has 0 spiro atoms. The minimum Gasteiger partial charge on any atom is -0.456 e. The van der Waals surface area contributed by atoms with Crippen LogP contribution >= 0.6 is 0 Å². The Bertz CT molecular complexity index is 2110. The first-order valence-electron chi connectivity index (χ1n) is 19.0. The van der Waals surface area contributed by atoms with E-state index in [9.17, 15) is 43.4 Å². The van der Waals surface area contributed by atoms with Gasteiger partial charge in [0.15, 0.2) is 17.7 Å². The van der Waals surface area contributed by atoms with Crippen LogP contribution in [0.3, 0.4) is 0 Å². The van der Waals surface area contributed by atoms with E-state index >= 15 is 0 Å². The molecule has 4 aliphatic carbocycles. The van der Waals surface area contributed by atoms with Crippen LogP contribution in [-0.4, -0.2) is 77.3 Å². The Morgan fingerprint density at radius 1 is 1.04 bits per heavy atom. The van der Waals surface area contributed by atoms with Gasteiger partial charge in [-0.2, -0.15) is 5.10 Å². The molecule has 3 saturated carbocycles. The number of aromatic nitrogens is 3. The maximum Gasteiger partial charge on any atom is 0.350 e. The highest BCUT2D eigenvalue weighted by Crippen LogP contribution is 2.74. The molecule has 9 atom stereocenters. The second-order valence-corrected chi connectivity index (χ2v) is 18.1. The Morgan fingerprint density at radius 3 is 2.30 bits per heavy atom. The zero-order valence-corrected chi connectivity index (χ0v) is 33.4. The van der Waals surface area contributed by atoms with Gasteiger partial charge >= 0.3 is 17.6 Å². The number of hydrogen-bond acceptors (Lipinski definition) is 11. The summed E-state index contributed by atoms with van der Waals surface area (Å²) in [5, 5.41) is 27.8. The Kier molecular flexibility index (Phi) is 9.93. The van der Waals surface area contributed by atoms with Crippen molar-refractivity contribution in [2.24, 2.45) is 39.4 Å². The van der Waals surface area contributed by atoms with E-state index in [1.54, 1.807) is 27.7 Å². The lowest BCUT2D eigenvalue weighted by atomic mass is 9.38. The first-order chi connectivity index (χ1) is 25.8. The summed E-state index contributed by atoms with van der Waals surface area (Å²) in [6, 6.07) is 5.17. The zero-order valence-electron chi connectivity index (χ0n) is 33.4. The quantitative estimate of drug-likeness (QED) is 0.211. The van der Waals surface area contributed by atoms with Crippen LogP contribution in [0.1, 0.15) is 88.0 Å². The van der Waals surface area contributed by atoms with Gasteiger partial charge in [0.1, 0.15) is 35.7 Å². The highest BCUT2D eigenvalue weighted by Gasteiger charge is 2.74. The fourth-order valence-corrected chi connectivity index (χ4v) is 11.0. The van der Waals surface area contributed by atoms with Crippen molar-refractivity contribution < 1.29 is 48.0 Å². The number of ether oxygens (including phenoxy) is 2. The molecular formula is C42H52FN3O10. The summed E-state index contributed by atoms with van der Waals surface area (Å²) in [4.78, 5) is 80.5. The molecule has 1 aromatic heterocycles. The van der Waals surface area contributed by atoms with Gasteiger partial charge in [0.05, 0.1) is 11.8 Å². The molecule has 9 unspecified atom stereocenters. The van der Waals surface area contributed by atoms with Gasteiger partial charge in [-0.15, -0.1) is 0 Å². The lowest BCUT2D eigenvalue weighted by molar-refractivity contribution is -0.185. The summed E-state index contributed by atoms with van der Waals surface area (Å²) in [7, 11) is 0. The minimum absolute atomic E-state index is 0.0232. The topological polar surface area (TPSA) is 184 Å². The van der Waals surface area contributed by atoms with E-state index in [1.807, 2.05) is 26.8 Å². The normalized spacial score (nSPS) is 33.5. The number of halogens is 1. The number of allylic oxidation sites excluding steroid dienone is 2. The molecule has 0 amide bonds.